The number of pyridine rings is 1. The van der Waals surface area contributed by atoms with Crippen LogP contribution < -0.4 is 5.48 Å². The summed E-state index contributed by atoms with van der Waals surface area (Å²) < 4.78 is 0. The van der Waals surface area contributed by atoms with E-state index in [1.54, 1.807) is 19.4 Å². The molecule has 1 rings (SSSR count). The Morgan fingerprint density at radius 3 is 3.00 bits per heavy atom. The van der Waals surface area contributed by atoms with Crippen LogP contribution in [0.3, 0.4) is 0 Å². The summed E-state index contributed by atoms with van der Waals surface area (Å²) in [6, 6.07) is 3.63. The molecule has 60 valence electrons. The Hall–Kier alpha value is -0.640. The predicted molar refractivity (Wildman–Crippen MR) is 43.1 cm³/mol. The Labute approximate surface area is 70.3 Å². The predicted octanol–water partition coefficient (Wildman–Crippen LogP) is 1.39. The molecule has 0 aliphatic rings. The summed E-state index contributed by atoms with van der Waals surface area (Å²) in [6.07, 6.45) is 1.61. The van der Waals surface area contributed by atoms with E-state index in [0.717, 1.165) is 5.69 Å². The number of aromatic nitrogens is 1. The first-order chi connectivity index (χ1) is 5.33. The van der Waals surface area contributed by atoms with E-state index in [0.29, 0.717) is 11.6 Å². The van der Waals surface area contributed by atoms with E-state index < -0.39 is 0 Å². The maximum Gasteiger partial charge on any atom is 0.0633 e. The maximum absolute atomic E-state index is 5.63. The van der Waals surface area contributed by atoms with Crippen LogP contribution in [0, 0.1) is 0 Å². The Balaban J connectivity index is 2.52. The minimum Gasteiger partial charge on any atom is -0.305 e. The molecule has 0 fully saturated rings. The number of rotatable bonds is 3. The first kappa shape index (κ1) is 8.46. The van der Waals surface area contributed by atoms with Crippen molar-refractivity contribution in [3.05, 3.63) is 29.0 Å². The van der Waals surface area contributed by atoms with Gasteiger partial charge in [-0.25, -0.2) is 0 Å². The van der Waals surface area contributed by atoms with E-state index >= 15 is 0 Å². The number of hydrogen-bond donors (Lipinski definition) is 1. The summed E-state index contributed by atoms with van der Waals surface area (Å²) in [7, 11) is 1.57. The second kappa shape index (κ2) is 4.28. The first-order valence-electron chi connectivity index (χ1n) is 3.19. The molecule has 4 heteroatoms. The molecule has 0 aromatic carbocycles. The molecule has 0 aliphatic carbocycles. The Kier molecular flexibility index (Phi) is 3.29. The molecule has 0 atom stereocenters. The normalized spacial score (nSPS) is 10.0. The van der Waals surface area contributed by atoms with Crippen molar-refractivity contribution in [2.45, 2.75) is 6.54 Å². The largest absolute Gasteiger partial charge is 0.305 e. The van der Waals surface area contributed by atoms with E-state index in [1.807, 2.05) is 6.07 Å². The van der Waals surface area contributed by atoms with Gasteiger partial charge in [-0.05, 0) is 12.1 Å². The lowest BCUT2D eigenvalue weighted by atomic mass is 10.3. The minimum atomic E-state index is 0.591. The fraction of sp³-hybridized carbons (Fsp3) is 0.286. The molecule has 11 heavy (non-hydrogen) atoms. The Bertz CT molecular complexity index is 212. The van der Waals surface area contributed by atoms with Crippen LogP contribution in [0.15, 0.2) is 18.3 Å². The van der Waals surface area contributed by atoms with Crippen LogP contribution >= 0.6 is 11.6 Å². The van der Waals surface area contributed by atoms with Gasteiger partial charge in [-0.2, -0.15) is 5.48 Å². The fourth-order valence-electron chi connectivity index (χ4n) is 0.657. The summed E-state index contributed by atoms with van der Waals surface area (Å²) in [4.78, 5) is 8.69. The lowest BCUT2D eigenvalue weighted by Gasteiger charge is -1.99. The highest BCUT2D eigenvalue weighted by Gasteiger charge is 1.92. The van der Waals surface area contributed by atoms with Crippen molar-refractivity contribution in [2.24, 2.45) is 0 Å². The van der Waals surface area contributed by atoms with Gasteiger partial charge in [-0.15, -0.1) is 0 Å². The van der Waals surface area contributed by atoms with E-state index in [4.69, 9.17) is 11.6 Å². The van der Waals surface area contributed by atoms with Crippen molar-refractivity contribution in [2.75, 3.05) is 7.11 Å². The van der Waals surface area contributed by atoms with Crippen LogP contribution in [-0.2, 0) is 11.4 Å². The molecule has 0 saturated carbocycles. The van der Waals surface area contributed by atoms with Gasteiger partial charge in [0.2, 0.25) is 0 Å². The molecule has 1 aromatic heterocycles. The van der Waals surface area contributed by atoms with Crippen molar-refractivity contribution in [3.63, 3.8) is 0 Å². The molecule has 0 unspecified atom stereocenters. The van der Waals surface area contributed by atoms with Crippen LogP contribution in [-0.4, -0.2) is 12.1 Å². The topological polar surface area (TPSA) is 34.1 Å². The highest BCUT2D eigenvalue weighted by molar-refractivity contribution is 6.30. The molecule has 0 spiro atoms. The number of hydroxylamine groups is 1. The van der Waals surface area contributed by atoms with E-state index in [9.17, 15) is 0 Å². The van der Waals surface area contributed by atoms with Crippen molar-refractivity contribution in [1.82, 2.24) is 10.5 Å². The molecule has 0 radical (unpaired) electrons. The van der Waals surface area contributed by atoms with Gasteiger partial charge in [0, 0.05) is 6.20 Å². The van der Waals surface area contributed by atoms with Gasteiger partial charge in [0.15, 0.2) is 0 Å². The third kappa shape index (κ3) is 2.84. The zero-order chi connectivity index (χ0) is 8.10. The molecule has 0 saturated heterocycles. The summed E-state index contributed by atoms with van der Waals surface area (Å²) in [5.74, 6) is 0. The van der Waals surface area contributed by atoms with Gasteiger partial charge in [0.1, 0.15) is 0 Å². The van der Waals surface area contributed by atoms with Crippen LogP contribution in [0.1, 0.15) is 5.69 Å². The molecule has 1 aromatic rings. The highest BCUT2D eigenvalue weighted by Crippen LogP contribution is 2.05. The van der Waals surface area contributed by atoms with Gasteiger partial charge in [0.05, 0.1) is 24.4 Å². The molecule has 1 N–H and O–H groups in total. The third-order valence-corrected chi connectivity index (χ3v) is 1.41. The third-order valence-electron chi connectivity index (χ3n) is 1.19. The summed E-state index contributed by atoms with van der Waals surface area (Å²) in [5.41, 5.74) is 3.58. The molecule has 1 heterocycles. The molecule has 0 aliphatic heterocycles. The molecule has 0 bridgehead atoms. The van der Waals surface area contributed by atoms with Gasteiger partial charge in [-0.3, -0.25) is 4.98 Å². The van der Waals surface area contributed by atoms with E-state index in [-0.39, 0.29) is 0 Å². The standard InChI is InChI=1S/C7H9ClN2O/c1-11-10-5-7-3-2-6(8)4-9-7/h2-4,10H,5H2,1H3. The van der Waals surface area contributed by atoms with Crippen LogP contribution in [0.5, 0.6) is 0 Å². The summed E-state index contributed by atoms with van der Waals surface area (Å²) in [6.45, 7) is 0.591. The Morgan fingerprint density at radius 2 is 2.45 bits per heavy atom. The fourth-order valence-corrected chi connectivity index (χ4v) is 0.769. The molecular formula is C7H9ClN2O. The van der Waals surface area contributed by atoms with Crippen molar-refractivity contribution < 1.29 is 4.84 Å². The highest BCUT2D eigenvalue weighted by atomic mass is 35.5. The minimum absolute atomic E-state index is 0.591. The second-order valence-electron chi connectivity index (χ2n) is 1.99. The summed E-state index contributed by atoms with van der Waals surface area (Å²) >= 11 is 5.63. The first-order valence-corrected chi connectivity index (χ1v) is 3.57. The quantitative estimate of drug-likeness (QED) is 0.700. The van der Waals surface area contributed by atoms with Crippen LogP contribution in [0.2, 0.25) is 5.02 Å². The van der Waals surface area contributed by atoms with Crippen LogP contribution in [0.25, 0.3) is 0 Å². The number of nitrogens with zero attached hydrogens (tertiary/aromatic N) is 1. The smallest absolute Gasteiger partial charge is 0.0633 e. The number of hydrogen-bond acceptors (Lipinski definition) is 3. The number of nitrogens with one attached hydrogen (secondary N) is 1. The molecular weight excluding hydrogens is 164 g/mol. The van der Waals surface area contributed by atoms with Gasteiger partial charge in [0.25, 0.3) is 0 Å². The average Bonchev–Trinajstić information content (AvgIpc) is 2.04. The van der Waals surface area contributed by atoms with Crippen molar-refractivity contribution in [1.29, 1.82) is 0 Å². The second-order valence-corrected chi connectivity index (χ2v) is 2.43. The van der Waals surface area contributed by atoms with Crippen molar-refractivity contribution >= 4 is 11.6 Å². The van der Waals surface area contributed by atoms with Crippen molar-refractivity contribution in [3.8, 4) is 0 Å². The van der Waals surface area contributed by atoms with Gasteiger partial charge < -0.3 is 4.84 Å². The SMILES string of the molecule is CONCc1ccc(Cl)cn1. The maximum atomic E-state index is 5.63. The van der Waals surface area contributed by atoms with Gasteiger partial charge >= 0.3 is 0 Å². The van der Waals surface area contributed by atoms with Crippen LogP contribution in [0.4, 0.5) is 0 Å². The lowest BCUT2D eigenvalue weighted by Crippen LogP contribution is -2.11. The van der Waals surface area contributed by atoms with E-state index in [2.05, 4.69) is 15.3 Å². The molecule has 3 nitrogen and oxygen atoms in total. The van der Waals surface area contributed by atoms with E-state index in [1.165, 1.54) is 0 Å². The van der Waals surface area contributed by atoms with Gasteiger partial charge in [-0.1, -0.05) is 11.6 Å². The average molecular weight is 173 g/mol. The monoisotopic (exact) mass is 172 g/mol. The zero-order valence-electron chi connectivity index (χ0n) is 6.17. The Morgan fingerprint density at radius 1 is 1.64 bits per heavy atom. The zero-order valence-corrected chi connectivity index (χ0v) is 6.93. The lowest BCUT2D eigenvalue weighted by molar-refractivity contribution is 0.0858. The molecule has 0 amide bonds. The summed E-state index contributed by atoms with van der Waals surface area (Å²) in [5, 5.41) is 0.645. The number of halogens is 1.